The highest BCUT2D eigenvalue weighted by Crippen LogP contribution is 2.26. The van der Waals surface area contributed by atoms with Crippen LogP contribution in [-0.2, 0) is 11.2 Å². The fraction of sp³-hybridized carbons (Fsp3) is 0.0714. The average Bonchev–Trinajstić information content (AvgIpc) is 2.37. The summed E-state index contributed by atoms with van der Waals surface area (Å²) in [4.78, 5) is 11.9. The van der Waals surface area contributed by atoms with Crippen LogP contribution in [-0.4, -0.2) is 5.91 Å². The molecule has 0 aliphatic rings. The maximum absolute atomic E-state index is 12.7. The lowest BCUT2D eigenvalue weighted by Crippen LogP contribution is -2.14. The van der Waals surface area contributed by atoms with Gasteiger partial charge in [-0.05, 0) is 51.8 Å². The summed E-state index contributed by atoms with van der Waals surface area (Å²) >= 11 is 9.20. The first-order chi connectivity index (χ1) is 9.04. The van der Waals surface area contributed by atoms with Crippen molar-refractivity contribution in [2.45, 2.75) is 6.42 Å². The van der Waals surface area contributed by atoms with E-state index < -0.39 is 0 Å². The minimum Gasteiger partial charge on any atom is -0.325 e. The molecular formula is C14H10BrClFNO. The zero-order valence-electron chi connectivity index (χ0n) is 9.79. The van der Waals surface area contributed by atoms with Crippen molar-refractivity contribution in [2.24, 2.45) is 0 Å². The van der Waals surface area contributed by atoms with Crippen molar-refractivity contribution in [2.75, 3.05) is 5.32 Å². The first-order valence-corrected chi connectivity index (χ1v) is 6.71. The maximum atomic E-state index is 12.7. The molecule has 2 aromatic rings. The molecule has 0 aliphatic carbocycles. The molecule has 98 valence electrons. The van der Waals surface area contributed by atoms with Gasteiger partial charge in [0.15, 0.2) is 0 Å². The number of carbonyl (C=O) groups is 1. The standard InChI is InChI=1S/C14H10BrClFNO/c15-12-6-3-10(16)8-13(12)18-14(19)7-9-1-4-11(17)5-2-9/h1-6,8H,7H2,(H,18,19). The zero-order chi connectivity index (χ0) is 13.8. The Kier molecular flexibility index (Phi) is 4.56. The third kappa shape index (κ3) is 4.04. The smallest absolute Gasteiger partial charge is 0.228 e. The van der Waals surface area contributed by atoms with Gasteiger partial charge in [-0.3, -0.25) is 4.79 Å². The monoisotopic (exact) mass is 341 g/mol. The average molecular weight is 343 g/mol. The van der Waals surface area contributed by atoms with Crippen molar-refractivity contribution in [1.29, 1.82) is 0 Å². The molecule has 0 atom stereocenters. The van der Waals surface area contributed by atoms with Crippen LogP contribution in [0.1, 0.15) is 5.56 Å². The van der Waals surface area contributed by atoms with Gasteiger partial charge in [0, 0.05) is 9.50 Å². The number of amides is 1. The lowest BCUT2D eigenvalue weighted by Gasteiger charge is -2.08. The van der Waals surface area contributed by atoms with Gasteiger partial charge >= 0.3 is 0 Å². The normalized spacial score (nSPS) is 10.3. The highest BCUT2D eigenvalue weighted by molar-refractivity contribution is 9.10. The lowest BCUT2D eigenvalue weighted by atomic mass is 10.1. The van der Waals surface area contributed by atoms with Gasteiger partial charge in [-0.1, -0.05) is 23.7 Å². The quantitative estimate of drug-likeness (QED) is 0.879. The van der Waals surface area contributed by atoms with Crippen molar-refractivity contribution in [3.05, 3.63) is 63.3 Å². The Morgan fingerprint density at radius 2 is 1.89 bits per heavy atom. The van der Waals surface area contributed by atoms with E-state index in [0.29, 0.717) is 10.7 Å². The maximum Gasteiger partial charge on any atom is 0.228 e. The van der Waals surface area contributed by atoms with E-state index in [2.05, 4.69) is 21.2 Å². The van der Waals surface area contributed by atoms with Gasteiger partial charge in [0.05, 0.1) is 12.1 Å². The van der Waals surface area contributed by atoms with E-state index in [4.69, 9.17) is 11.6 Å². The third-order valence-corrected chi connectivity index (χ3v) is 3.41. The summed E-state index contributed by atoms with van der Waals surface area (Å²) < 4.78 is 13.5. The second kappa shape index (κ2) is 6.17. The molecule has 0 radical (unpaired) electrons. The minimum absolute atomic E-state index is 0.180. The van der Waals surface area contributed by atoms with E-state index in [0.717, 1.165) is 10.0 Å². The SMILES string of the molecule is O=C(Cc1ccc(F)cc1)Nc1cc(Cl)ccc1Br. The summed E-state index contributed by atoms with van der Waals surface area (Å²) in [5.74, 6) is -0.503. The highest BCUT2D eigenvalue weighted by Gasteiger charge is 2.07. The van der Waals surface area contributed by atoms with E-state index in [-0.39, 0.29) is 18.1 Å². The van der Waals surface area contributed by atoms with Crippen molar-refractivity contribution in [3.63, 3.8) is 0 Å². The van der Waals surface area contributed by atoms with E-state index in [1.165, 1.54) is 12.1 Å². The Balaban J connectivity index is 2.05. The number of halogens is 3. The fourth-order valence-corrected chi connectivity index (χ4v) is 2.09. The molecule has 0 spiro atoms. The minimum atomic E-state index is -0.318. The van der Waals surface area contributed by atoms with Crippen molar-refractivity contribution >= 4 is 39.1 Å². The van der Waals surface area contributed by atoms with Gasteiger partial charge in [-0.15, -0.1) is 0 Å². The van der Waals surface area contributed by atoms with Gasteiger partial charge in [-0.2, -0.15) is 0 Å². The van der Waals surface area contributed by atoms with E-state index in [9.17, 15) is 9.18 Å². The summed E-state index contributed by atoms with van der Waals surface area (Å²) in [6, 6.07) is 11.0. The molecule has 19 heavy (non-hydrogen) atoms. The molecule has 2 aromatic carbocycles. The molecule has 0 unspecified atom stereocenters. The van der Waals surface area contributed by atoms with Crippen LogP contribution in [0, 0.1) is 5.82 Å². The lowest BCUT2D eigenvalue weighted by molar-refractivity contribution is -0.115. The second-order valence-electron chi connectivity index (χ2n) is 3.98. The van der Waals surface area contributed by atoms with Crippen LogP contribution >= 0.6 is 27.5 Å². The molecule has 5 heteroatoms. The summed E-state index contributed by atoms with van der Waals surface area (Å²) in [6.45, 7) is 0. The molecule has 1 N–H and O–H groups in total. The number of hydrogen-bond donors (Lipinski definition) is 1. The molecule has 0 fully saturated rings. The Morgan fingerprint density at radius 3 is 2.58 bits per heavy atom. The van der Waals surface area contributed by atoms with Crippen LogP contribution < -0.4 is 5.32 Å². The van der Waals surface area contributed by atoms with E-state index >= 15 is 0 Å². The van der Waals surface area contributed by atoms with Crippen molar-refractivity contribution in [3.8, 4) is 0 Å². The molecule has 2 nitrogen and oxygen atoms in total. The van der Waals surface area contributed by atoms with Gasteiger partial charge in [0.1, 0.15) is 5.82 Å². The molecule has 0 heterocycles. The number of benzene rings is 2. The van der Waals surface area contributed by atoms with Crippen LogP contribution in [0.5, 0.6) is 0 Å². The first-order valence-electron chi connectivity index (χ1n) is 5.54. The first kappa shape index (κ1) is 14.0. The Hall–Kier alpha value is -1.39. The van der Waals surface area contributed by atoms with Crippen LogP contribution in [0.4, 0.5) is 10.1 Å². The van der Waals surface area contributed by atoms with Crippen LogP contribution in [0.15, 0.2) is 46.9 Å². The number of hydrogen-bond acceptors (Lipinski definition) is 1. The van der Waals surface area contributed by atoms with Crippen LogP contribution in [0.2, 0.25) is 5.02 Å². The zero-order valence-corrected chi connectivity index (χ0v) is 12.1. The van der Waals surface area contributed by atoms with E-state index in [1.54, 1.807) is 30.3 Å². The fourth-order valence-electron chi connectivity index (χ4n) is 1.58. The van der Waals surface area contributed by atoms with Crippen LogP contribution in [0.25, 0.3) is 0 Å². The number of anilines is 1. The predicted octanol–water partition coefficient (Wildman–Crippen LogP) is 4.42. The third-order valence-electron chi connectivity index (χ3n) is 2.48. The largest absolute Gasteiger partial charge is 0.325 e. The van der Waals surface area contributed by atoms with Gasteiger partial charge in [0.25, 0.3) is 0 Å². The summed E-state index contributed by atoms with van der Waals surface area (Å²) in [5.41, 5.74) is 1.36. The van der Waals surface area contributed by atoms with Crippen molar-refractivity contribution < 1.29 is 9.18 Å². The molecule has 0 saturated heterocycles. The van der Waals surface area contributed by atoms with Crippen LogP contribution in [0.3, 0.4) is 0 Å². The second-order valence-corrected chi connectivity index (χ2v) is 5.27. The predicted molar refractivity (Wildman–Crippen MR) is 77.9 cm³/mol. The summed E-state index contributed by atoms with van der Waals surface area (Å²) in [5, 5.41) is 3.29. The van der Waals surface area contributed by atoms with Gasteiger partial charge in [0.2, 0.25) is 5.91 Å². The summed E-state index contributed by atoms with van der Waals surface area (Å²) in [7, 11) is 0. The van der Waals surface area contributed by atoms with Gasteiger partial charge in [-0.25, -0.2) is 4.39 Å². The topological polar surface area (TPSA) is 29.1 Å². The number of carbonyl (C=O) groups excluding carboxylic acids is 1. The molecular weight excluding hydrogens is 333 g/mol. The highest BCUT2D eigenvalue weighted by atomic mass is 79.9. The molecule has 0 saturated carbocycles. The van der Waals surface area contributed by atoms with Gasteiger partial charge < -0.3 is 5.32 Å². The van der Waals surface area contributed by atoms with Crippen molar-refractivity contribution in [1.82, 2.24) is 0 Å². The van der Waals surface area contributed by atoms with E-state index in [1.807, 2.05) is 0 Å². The molecule has 2 rings (SSSR count). The molecule has 0 aromatic heterocycles. The molecule has 0 aliphatic heterocycles. The Labute approximate surface area is 123 Å². The Bertz CT molecular complexity index is 601. The Morgan fingerprint density at radius 1 is 1.21 bits per heavy atom. The molecule has 1 amide bonds. The number of nitrogens with one attached hydrogen (secondary N) is 1. The summed E-state index contributed by atoms with van der Waals surface area (Å²) in [6.07, 6.45) is 0.180. The number of rotatable bonds is 3. The molecule has 0 bridgehead atoms.